The maximum Gasteiger partial charge on any atom is 0.237 e. The molecule has 0 fully saturated rings. The van der Waals surface area contributed by atoms with Crippen molar-refractivity contribution in [2.75, 3.05) is 16.8 Å². The summed E-state index contributed by atoms with van der Waals surface area (Å²) in [5.74, 6) is -4.84. The molecule has 23 heavy (non-hydrogen) atoms. The first-order valence-corrected chi connectivity index (χ1v) is 7.17. The molecule has 0 aliphatic carbocycles. The van der Waals surface area contributed by atoms with Crippen LogP contribution in [0.3, 0.4) is 0 Å². The molecule has 0 radical (unpaired) electrons. The van der Waals surface area contributed by atoms with Crippen LogP contribution in [0.2, 0.25) is 0 Å². The third-order valence-electron chi connectivity index (χ3n) is 2.69. The van der Waals surface area contributed by atoms with Gasteiger partial charge in [-0.15, -0.1) is 0 Å². The lowest BCUT2D eigenvalue weighted by Crippen LogP contribution is -2.23. The monoisotopic (exact) mass is 343 g/mol. The Balaban J connectivity index is 2.10. The number of nitrogens with one attached hydrogen (secondary N) is 1. The first-order valence-electron chi connectivity index (χ1n) is 6.29. The van der Waals surface area contributed by atoms with Crippen molar-refractivity contribution < 1.29 is 18.0 Å². The summed E-state index contributed by atoms with van der Waals surface area (Å²) in [7, 11) is 0. The Labute approximate surface area is 133 Å². The first-order chi connectivity index (χ1) is 10.8. The number of nitrogen functional groups attached to an aromatic ring is 2. The fourth-order valence-corrected chi connectivity index (χ4v) is 2.38. The molecule has 5 N–H and O–H groups in total. The minimum Gasteiger partial charge on any atom is -0.383 e. The second-order valence-corrected chi connectivity index (χ2v) is 5.78. The van der Waals surface area contributed by atoms with Crippen molar-refractivity contribution in [3.05, 3.63) is 35.7 Å². The molecule has 0 saturated carbocycles. The van der Waals surface area contributed by atoms with Crippen molar-refractivity contribution in [1.29, 1.82) is 0 Å². The maximum atomic E-state index is 13.5. The highest BCUT2D eigenvalue weighted by Gasteiger charge is 2.20. The van der Waals surface area contributed by atoms with Gasteiger partial charge < -0.3 is 16.8 Å². The van der Waals surface area contributed by atoms with Gasteiger partial charge in [0.25, 0.3) is 0 Å². The Morgan fingerprint density at radius 3 is 2.39 bits per heavy atom. The first kappa shape index (κ1) is 16.9. The van der Waals surface area contributed by atoms with Crippen molar-refractivity contribution >= 4 is 35.0 Å². The average molecular weight is 343 g/mol. The van der Waals surface area contributed by atoms with Gasteiger partial charge in [0.2, 0.25) is 5.91 Å². The van der Waals surface area contributed by atoms with Gasteiger partial charge in [0, 0.05) is 6.07 Å². The van der Waals surface area contributed by atoms with E-state index in [0.717, 1.165) is 17.8 Å². The number of aromatic nitrogens is 2. The fourth-order valence-electron chi connectivity index (χ4n) is 1.58. The number of carbonyl (C=O) groups excluding carboxylic acids is 1. The molecular formula is C13H12F3N5OS. The summed E-state index contributed by atoms with van der Waals surface area (Å²) >= 11 is 0.928. The van der Waals surface area contributed by atoms with Gasteiger partial charge in [0.05, 0.1) is 10.9 Å². The number of thioether (sulfide) groups is 1. The van der Waals surface area contributed by atoms with Crippen LogP contribution in [0.25, 0.3) is 0 Å². The summed E-state index contributed by atoms with van der Waals surface area (Å²) in [6.45, 7) is 1.50. The second-order valence-electron chi connectivity index (χ2n) is 4.47. The third-order valence-corrected chi connectivity index (χ3v) is 3.65. The second kappa shape index (κ2) is 6.73. The van der Waals surface area contributed by atoms with Gasteiger partial charge in [-0.2, -0.15) is 0 Å². The molecule has 122 valence electrons. The van der Waals surface area contributed by atoms with Crippen molar-refractivity contribution in [2.45, 2.75) is 17.3 Å². The lowest BCUT2D eigenvalue weighted by molar-refractivity contribution is -0.115. The molecule has 1 unspecified atom stereocenters. The van der Waals surface area contributed by atoms with Gasteiger partial charge in [-0.05, 0) is 19.1 Å². The Morgan fingerprint density at radius 1 is 1.17 bits per heavy atom. The molecule has 1 aromatic carbocycles. The molecule has 2 rings (SSSR count). The number of rotatable bonds is 4. The van der Waals surface area contributed by atoms with Gasteiger partial charge in [-0.3, -0.25) is 4.79 Å². The van der Waals surface area contributed by atoms with E-state index in [1.54, 1.807) is 0 Å². The Morgan fingerprint density at radius 2 is 1.78 bits per heavy atom. The summed E-state index contributed by atoms with van der Waals surface area (Å²) in [5.41, 5.74) is 10.6. The predicted octanol–water partition coefficient (Wildman–Crippen LogP) is 2.18. The normalized spacial score (nSPS) is 12.0. The van der Waals surface area contributed by atoms with Crippen LogP contribution in [-0.2, 0) is 4.79 Å². The molecule has 0 spiro atoms. The molecule has 1 heterocycles. The third kappa shape index (κ3) is 4.03. The largest absolute Gasteiger partial charge is 0.383 e. The molecule has 1 atom stereocenters. The van der Waals surface area contributed by atoms with Crippen LogP contribution in [-0.4, -0.2) is 21.1 Å². The quantitative estimate of drug-likeness (QED) is 0.446. The van der Waals surface area contributed by atoms with Gasteiger partial charge in [0.1, 0.15) is 11.6 Å². The zero-order valence-electron chi connectivity index (χ0n) is 11.8. The number of hydrogen-bond acceptors (Lipinski definition) is 6. The molecule has 0 aliphatic rings. The molecule has 0 bridgehead atoms. The number of nitrogens with two attached hydrogens (primary N) is 2. The lowest BCUT2D eigenvalue weighted by Gasteiger charge is -2.12. The van der Waals surface area contributed by atoms with Crippen LogP contribution in [0.5, 0.6) is 0 Å². The van der Waals surface area contributed by atoms with Gasteiger partial charge in [0.15, 0.2) is 22.6 Å². The van der Waals surface area contributed by atoms with Crippen LogP contribution < -0.4 is 16.8 Å². The molecule has 1 aromatic heterocycles. The van der Waals surface area contributed by atoms with Crippen LogP contribution >= 0.6 is 11.8 Å². The topological polar surface area (TPSA) is 107 Å². The molecule has 2 aromatic rings. The summed E-state index contributed by atoms with van der Waals surface area (Å²) in [6, 6.07) is 3.00. The smallest absolute Gasteiger partial charge is 0.237 e. The number of anilines is 3. The zero-order chi connectivity index (χ0) is 17.1. The SMILES string of the molecule is CC(Sc1nc(N)cc(N)n1)C(=O)Nc1ccc(F)c(F)c1F. The van der Waals surface area contributed by atoms with Gasteiger partial charge in [-0.25, -0.2) is 23.1 Å². The van der Waals surface area contributed by atoms with Crippen molar-refractivity contribution in [3.63, 3.8) is 0 Å². The molecule has 1 amide bonds. The number of benzene rings is 1. The van der Waals surface area contributed by atoms with Crippen LogP contribution in [0.15, 0.2) is 23.4 Å². The number of hydrogen-bond donors (Lipinski definition) is 3. The Bertz CT molecular complexity index is 738. The lowest BCUT2D eigenvalue weighted by atomic mass is 10.2. The minimum absolute atomic E-state index is 0.138. The number of carbonyl (C=O) groups is 1. The Kier molecular flexibility index (Phi) is 4.94. The van der Waals surface area contributed by atoms with E-state index in [1.165, 1.54) is 13.0 Å². The zero-order valence-corrected chi connectivity index (χ0v) is 12.6. The number of amides is 1. The standard InChI is InChI=1S/C13H12F3N5OS/c1-5(23-13-20-8(17)4-9(18)21-13)12(22)19-7-3-2-6(14)10(15)11(7)16/h2-5H,1H3,(H,19,22)(H4,17,18,20,21). The van der Waals surface area contributed by atoms with Crippen molar-refractivity contribution in [3.8, 4) is 0 Å². The van der Waals surface area contributed by atoms with E-state index in [9.17, 15) is 18.0 Å². The average Bonchev–Trinajstić information content (AvgIpc) is 2.46. The van der Waals surface area contributed by atoms with Crippen LogP contribution in [0, 0.1) is 17.5 Å². The number of halogens is 3. The van der Waals surface area contributed by atoms with Crippen LogP contribution in [0.4, 0.5) is 30.5 Å². The summed E-state index contributed by atoms with van der Waals surface area (Å²) < 4.78 is 39.5. The predicted molar refractivity (Wildman–Crippen MR) is 81.1 cm³/mol. The fraction of sp³-hybridized carbons (Fsp3) is 0.154. The molecule has 6 nitrogen and oxygen atoms in total. The minimum atomic E-state index is -1.66. The summed E-state index contributed by atoms with van der Waals surface area (Å²) in [4.78, 5) is 19.8. The van der Waals surface area contributed by atoms with E-state index >= 15 is 0 Å². The van der Waals surface area contributed by atoms with E-state index in [4.69, 9.17) is 11.5 Å². The van der Waals surface area contributed by atoms with Gasteiger partial charge in [-0.1, -0.05) is 11.8 Å². The molecule has 10 heteroatoms. The Hall–Kier alpha value is -2.49. The highest BCUT2D eigenvalue weighted by molar-refractivity contribution is 8.00. The molecule has 0 aliphatic heterocycles. The van der Waals surface area contributed by atoms with Crippen molar-refractivity contribution in [1.82, 2.24) is 9.97 Å². The van der Waals surface area contributed by atoms with Crippen LogP contribution in [0.1, 0.15) is 6.92 Å². The molecular weight excluding hydrogens is 331 g/mol. The number of nitrogens with zero attached hydrogens (tertiary/aromatic N) is 2. The van der Waals surface area contributed by atoms with E-state index < -0.39 is 34.3 Å². The summed E-state index contributed by atoms with van der Waals surface area (Å²) in [6.07, 6.45) is 0. The molecule has 0 saturated heterocycles. The van der Waals surface area contributed by atoms with Gasteiger partial charge >= 0.3 is 0 Å². The van der Waals surface area contributed by atoms with E-state index in [0.29, 0.717) is 6.07 Å². The van der Waals surface area contributed by atoms with E-state index in [1.807, 2.05) is 0 Å². The summed E-state index contributed by atoms with van der Waals surface area (Å²) in [5, 5.41) is 1.57. The van der Waals surface area contributed by atoms with E-state index in [-0.39, 0.29) is 16.8 Å². The maximum absolute atomic E-state index is 13.5. The van der Waals surface area contributed by atoms with E-state index in [2.05, 4.69) is 15.3 Å². The highest BCUT2D eigenvalue weighted by Crippen LogP contribution is 2.24. The highest BCUT2D eigenvalue weighted by atomic mass is 32.2. The van der Waals surface area contributed by atoms with Crippen molar-refractivity contribution in [2.24, 2.45) is 0 Å².